The minimum atomic E-state index is -0.775. The summed E-state index contributed by atoms with van der Waals surface area (Å²) in [6.07, 6.45) is 0.590. The molecule has 4 nitrogen and oxygen atoms in total. The fraction of sp³-hybridized carbons (Fsp3) is 0.462. The van der Waals surface area contributed by atoms with Gasteiger partial charge in [-0.15, -0.1) is 0 Å². The van der Waals surface area contributed by atoms with Crippen molar-refractivity contribution < 1.29 is 14.6 Å². The molecule has 0 fully saturated rings. The monoisotopic (exact) mass is 237 g/mol. The van der Waals surface area contributed by atoms with Crippen LogP contribution >= 0.6 is 0 Å². The maximum absolute atomic E-state index is 11.2. The number of nitrogens with one attached hydrogen (secondary N) is 1. The standard InChI is InChI=1S/C13H19NO3/c1-4-11(13(15)16)12(14-2)9-5-7-10(17-3)8-6-9/h5-8,11-12,14H,4H2,1-3H3,(H,15,16). The van der Waals surface area contributed by atoms with Gasteiger partial charge in [0.1, 0.15) is 5.75 Å². The molecule has 0 bridgehead atoms. The topological polar surface area (TPSA) is 58.6 Å². The molecule has 17 heavy (non-hydrogen) atoms. The zero-order chi connectivity index (χ0) is 12.8. The minimum Gasteiger partial charge on any atom is -0.497 e. The zero-order valence-corrected chi connectivity index (χ0v) is 10.4. The third-order valence-corrected chi connectivity index (χ3v) is 2.95. The Morgan fingerprint density at radius 2 is 2.00 bits per heavy atom. The van der Waals surface area contributed by atoms with Crippen molar-refractivity contribution in [2.45, 2.75) is 19.4 Å². The summed E-state index contributed by atoms with van der Waals surface area (Å²) >= 11 is 0. The average molecular weight is 237 g/mol. The number of carboxylic acids is 1. The summed E-state index contributed by atoms with van der Waals surface area (Å²) in [5.74, 6) is -0.428. The van der Waals surface area contributed by atoms with Crippen LogP contribution in [-0.2, 0) is 4.79 Å². The Hall–Kier alpha value is -1.55. The van der Waals surface area contributed by atoms with Crippen LogP contribution in [0.15, 0.2) is 24.3 Å². The summed E-state index contributed by atoms with van der Waals surface area (Å²) in [5.41, 5.74) is 0.961. The molecule has 0 aliphatic rings. The van der Waals surface area contributed by atoms with E-state index in [1.165, 1.54) is 0 Å². The van der Waals surface area contributed by atoms with Gasteiger partial charge in [-0.2, -0.15) is 0 Å². The Morgan fingerprint density at radius 1 is 1.41 bits per heavy atom. The van der Waals surface area contributed by atoms with Gasteiger partial charge < -0.3 is 15.2 Å². The Labute approximate surface area is 102 Å². The van der Waals surface area contributed by atoms with Crippen LogP contribution in [0.1, 0.15) is 24.9 Å². The van der Waals surface area contributed by atoms with E-state index in [1.807, 2.05) is 31.2 Å². The average Bonchev–Trinajstić information content (AvgIpc) is 2.35. The molecule has 1 aromatic rings. The van der Waals surface area contributed by atoms with Gasteiger partial charge in [-0.1, -0.05) is 19.1 Å². The maximum Gasteiger partial charge on any atom is 0.308 e. The summed E-state index contributed by atoms with van der Waals surface area (Å²) in [6.45, 7) is 1.88. The van der Waals surface area contributed by atoms with Gasteiger partial charge in [-0.3, -0.25) is 4.79 Å². The molecule has 0 amide bonds. The highest BCUT2D eigenvalue weighted by molar-refractivity contribution is 5.71. The first-order valence-electron chi connectivity index (χ1n) is 5.68. The van der Waals surface area contributed by atoms with Crippen molar-refractivity contribution in [3.05, 3.63) is 29.8 Å². The molecule has 0 saturated carbocycles. The molecular weight excluding hydrogens is 218 g/mol. The van der Waals surface area contributed by atoms with Gasteiger partial charge in [0.15, 0.2) is 0 Å². The van der Waals surface area contributed by atoms with Crippen LogP contribution in [-0.4, -0.2) is 25.2 Å². The van der Waals surface area contributed by atoms with E-state index in [9.17, 15) is 9.90 Å². The molecule has 4 heteroatoms. The molecule has 0 aliphatic heterocycles. The Bertz CT molecular complexity index is 361. The molecule has 1 aromatic carbocycles. The lowest BCUT2D eigenvalue weighted by Gasteiger charge is -2.23. The highest BCUT2D eigenvalue weighted by Gasteiger charge is 2.26. The van der Waals surface area contributed by atoms with Crippen molar-refractivity contribution in [3.63, 3.8) is 0 Å². The summed E-state index contributed by atoms with van der Waals surface area (Å²) in [7, 11) is 3.39. The fourth-order valence-corrected chi connectivity index (χ4v) is 1.96. The second kappa shape index (κ2) is 6.25. The zero-order valence-electron chi connectivity index (χ0n) is 10.4. The largest absolute Gasteiger partial charge is 0.497 e. The van der Waals surface area contributed by atoms with Crippen LogP contribution in [0.4, 0.5) is 0 Å². The van der Waals surface area contributed by atoms with E-state index >= 15 is 0 Å². The van der Waals surface area contributed by atoms with Crippen molar-refractivity contribution in [1.29, 1.82) is 0 Å². The number of carbonyl (C=O) groups is 1. The normalized spacial score (nSPS) is 14.1. The van der Waals surface area contributed by atoms with Gasteiger partial charge in [0.05, 0.1) is 13.0 Å². The summed E-state index contributed by atoms with van der Waals surface area (Å²) < 4.78 is 5.08. The van der Waals surface area contributed by atoms with E-state index in [1.54, 1.807) is 14.2 Å². The SMILES string of the molecule is CCC(C(=O)O)C(NC)c1ccc(OC)cc1. The number of rotatable bonds is 6. The van der Waals surface area contributed by atoms with Gasteiger partial charge in [-0.05, 0) is 31.2 Å². The third-order valence-electron chi connectivity index (χ3n) is 2.95. The van der Waals surface area contributed by atoms with Crippen molar-refractivity contribution >= 4 is 5.97 Å². The maximum atomic E-state index is 11.2. The quantitative estimate of drug-likeness (QED) is 0.795. The molecule has 1 rings (SSSR count). The van der Waals surface area contributed by atoms with Gasteiger partial charge >= 0.3 is 5.97 Å². The lowest BCUT2D eigenvalue weighted by molar-refractivity contribution is -0.143. The van der Waals surface area contributed by atoms with E-state index in [4.69, 9.17) is 4.74 Å². The smallest absolute Gasteiger partial charge is 0.308 e. The molecule has 2 atom stereocenters. The van der Waals surface area contributed by atoms with Crippen LogP contribution in [0, 0.1) is 5.92 Å². The summed E-state index contributed by atoms with van der Waals surface area (Å²) in [6, 6.07) is 7.29. The number of hydrogen-bond donors (Lipinski definition) is 2. The first kappa shape index (κ1) is 13.5. The van der Waals surface area contributed by atoms with Crippen LogP contribution < -0.4 is 10.1 Å². The number of benzene rings is 1. The van der Waals surface area contributed by atoms with Crippen LogP contribution in [0.5, 0.6) is 5.75 Å². The molecule has 0 heterocycles. The minimum absolute atomic E-state index is 0.177. The fourth-order valence-electron chi connectivity index (χ4n) is 1.96. The van der Waals surface area contributed by atoms with Gasteiger partial charge in [0, 0.05) is 6.04 Å². The third kappa shape index (κ3) is 3.20. The molecule has 0 spiro atoms. The Balaban J connectivity index is 2.95. The van der Waals surface area contributed by atoms with Crippen molar-refractivity contribution in [2.24, 2.45) is 5.92 Å². The van der Waals surface area contributed by atoms with Crippen LogP contribution in [0.25, 0.3) is 0 Å². The number of ether oxygens (including phenoxy) is 1. The van der Waals surface area contributed by atoms with Crippen LogP contribution in [0.2, 0.25) is 0 Å². The number of hydrogen-bond acceptors (Lipinski definition) is 3. The van der Waals surface area contributed by atoms with E-state index in [-0.39, 0.29) is 6.04 Å². The summed E-state index contributed by atoms with van der Waals surface area (Å²) in [5, 5.41) is 12.2. The second-order valence-corrected chi connectivity index (χ2v) is 3.89. The van der Waals surface area contributed by atoms with Gasteiger partial charge in [0.2, 0.25) is 0 Å². The van der Waals surface area contributed by atoms with E-state index in [0.29, 0.717) is 6.42 Å². The predicted molar refractivity (Wildman–Crippen MR) is 66.2 cm³/mol. The second-order valence-electron chi connectivity index (χ2n) is 3.89. The van der Waals surface area contributed by atoms with E-state index in [0.717, 1.165) is 11.3 Å². The molecule has 94 valence electrons. The molecule has 0 saturated heterocycles. The molecule has 0 aromatic heterocycles. The van der Waals surface area contributed by atoms with E-state index in [2.05, 4.69) is 5.32 Å². The molecule has 0 aliphatic carbocycles. The van der Waals surface area contributed by atoms with Crippen molar-refractivity contribution in [2.75, 3.05) is 14.2 Å². The molecule has 2 N–H and O–H groups in total. The van der Waals surface area contributed by atoms with Crippen molar-refractivity contribution in [3.8, 4) is 5.75 Å². The molecular formula is C13H19NO3. The number of aliphatic carboxylic acids is 1. The Kier molecular flexibility index (Phi) is 4.97. The first-order chi connectivity index (χ1) is 8.13. The lowest BCUT2D eigenvalue weighted by Crippen LogP contribution is -2.30. The van der Waals surface area contributed by atoms with Crippen LogP contribution in [0.3, 0.4) is 0 Å². The number of methoxy groups -OCH3 is 1. The van der Waals surface area contributed by atoms with Gasteiger partial charge in [-0.25, -0.2) is 0 Å². The first-order valence-corrected chi connectivity index (χ1v) is 5.68. The molecule has 0 radical (unpaired) electrons. The Morgan fingerprint density at radius 3 is 2.35 bits per heavy atom. The lowest BCUT2D eigenvalue weighted by atomic mass is 9.91. The molecule has 2 unspecified atom stereocenters. The highest BCUT2D eigenvalue weighted by Crippen LogP contribution is 2.26. The predicted octanol–water partition coefficient (Wildman–Crippen LogP) is 2.07. The highest BCUT2D eigenvalue weighted by atomic mass is 16.5. The van der Waals surface area contributed by atoms with Crippen molar-refractivity contribution in [1.82, 2.24) is 5.32 Å². The van der Waals surface area contributed by atoms with E-state index < -0.39 is 11.9 Å². The summed E-state index contributed by atoms with van der Waals surface area (Å²) in [4.78, 5) is 11.2. The number of carboxylic acid groups (broad SMARTS) is 1. The van der Waals surface area contributed by atoms with Gasteiger partial charge in [0.25, 0.3) is 0 Å².